The maximum Gasteiger partial charge on any atom is 0.192 e. The van der Waals surface area contributed by atoms with E-state index in [1.165, 1.54) is 18.4 Å². The van der Waals surface area contributed by atoms with Gasteiger partial charge >= 0.3 is 0 Å². The molecule has 1 N–H and O–H groups in total. The molecule has 0 spiro atoms. The van der Waals surface area contributed by atoms with Gasteiger partial charge in [-0.2, -0.15) is 5.10 Å². The van der Waals surface area contributed by atoms with Crippen LogP contribution < -0.4 is 9.46 Å². The van der Waals surface area contributed by atoms with E-state index in [-0.39, 0.29) is 6.04 Å². The predicted octanol–water partition coefficient (Wildman–Crippen LogP) is 2.70. The van der Waals surface area contributed by atoms with Crippen LogP contribution in [0.5, 0.6) is 5.75 Å². The summed E-state index contributed by atoms with van der Waals surface area (Å²) in [5, 5.41) is 5.34. The molecule has 2 aromatic heterocycles. The van der Waals surface area contributed by atoms with Crippen molar-refractivity contribution in [3.05, 3.63) is 47.8 Å². The molecule has 2 atom stereocenters. The molecule has 0 radical (unpaired) electrons. The normalized spacial score (nSPS) is 20.7. The molecule has 0 unspecified atom stereocenters. The Morgan fingerprint density at radius 3 is 2.80 bits per heavy atom. The van der Waals surface area contributed by atoms with Crippen LogP contribution in [-0.2, 0) is 25.0 Å². The first kappa shape index (κ1) is 19.8. The molecule has 3 heterocycles. The summed E-state index contributed by atoms with van der Waals surface area (Å²) in [6.45, 7) is 4.72. The summed E-state index contributed by atoms with van der Waals surface area (Å²) in [5.41, 5.74) is 3.00. The molecule has 5 rings (SSSR count). The van der Waals surface area contributed by atoms with E-state index in [0.717, 1.165) is 48.5 Å². The van der Waals surface area contributed by atoms with Crippen LogP contribution in [0.15, 0.2) is 41.4 Å². The lowest BCUT2D eigenvalue weighted by atomic mass is 10.2. The van der Waals surface area contributed by atoms with E-state index in [4.69, 9.17) is 4.74 Å². The van der Waals surface area contributed by atoms with E-state index in [9.17, 15) is 4.55 Å². The highest BCUT2D eigenvalue weighted by atomic mass is 32.2. The van der Waals surface area contributed by atoms with Gasteiger partial charge in [0, 0.05) is 38.1 Å². The zero-order chi connectivity index (χ0) is 20.7. The number of pyridine rings is 1. The number of aryl methyl sites for hydroxylation is 2. The van der Waals surface area contributed by atoms with Crippen molar-refractivity contribution in [2.24, 2.45) is 7.05 Å². The summed E-state index contributed by atoms with van der Waals surface area (Å²) in [7, 11) is 1.87. The fourth-order valence-electron chi connectivity index (χ4n) is 3.99. The molecular formula is C22H27N5O2S. The fraction of sp³-hybridized carbons (Fsp3) is 0.455. The second kappa shape index (κ2) is 8.19. The van der Waals surface area contributed by atoms with Crippen molar-refractivity contribution >= 4 is 22.4 Å². The van der Waals surface area contributed by atoms with Crippen molar-refractivity contribution in [1.82, 2.24) is 24.4 Å². The highest BCUT2D eigenvalue weighted by molar-refractivity contribution is 7.89. The maximum absolute atomic E-state index is 12.9. The first-order valence-corrected chi connectivity index (χ1v) is 11.7. The van der Waals surface area contributed by atoms with E-state index < -0.39 is 11.4 Å². The molecular weight excluding hydrogens is 398 g/mol. The average molecular weight is 426 g/mol. The van der Waals surface area contributed by atoms with E-state index in [0.29, 0.717) is 11.0 Å². The van der Waals surface area contributed by atoms with Crippen LogP contribution in [0.25, 0.3) is 11.0 Å². The quantitative estimate of drug-likeness (QED) is 0.587. The molecule has 8 heteroatoms. The maximum atomic E-state index is 12.9. The Kier molecular flexibility index (Phi) is 5.41. The molecule has 7 nitrogen and oxygen atoms in total. The highest BCUT2D eigenvalue weighted by Crippen LogP contribution is 2.27. The Morgan fingerprint density at radius 2 is 2.03 bits per heavy atom. The number of ether oxygens (including phenoxy) is 1. The monoisotopic (exact) mass is 425 g/mol. The van der Waals surface area contributed by atoms with Crippen LogP contribution in [0.3, 0.4) is 0 Å². The van der Waals surface area contributed by atoms with Crippen LogP contribution in [0.2, 0.25) is 0 Å². The van der Waals surface area contributed by atoms with Gasteiger partial charge in [-0.05, 0) is 43.9 Å². The summed E-state index contributed by atoms with van der Waals surface area (Å²) in [6.07, 6.45) is 5.45. The zero-order valence-corrected chi connectivity index (χ0v) is 18.2. The smallest absolute Gasteiger partial charge is 0.192 e. The molecule has 2 aliphatic rings. The number of rotatable bonds is 7. The van der Waals surface area contributed by atoms with Gasteiger partial charge in [-0.3, -0.25) is 9.58 Å². The Morgan fingerprint density at radius 1 is 1.23 bits per heavy atom. The standard InChI is InChI=1S/C22H27N5O2S/c1-15-21-11-20(12-23-22(21)26(2)24-15)30(28)25-17-9-10-27(14-17)13-16-3-5-18(6-4-16)29-19-7-8-19/h3-6,11-12,17,19,25H,7-10,13-14H2,1-2H3/t17-,30+/m1/s1. The lowest BCUT2D eigenvalue weighted by molar-refractivity contribution is 0.302. The first-order chi connectivity index (χ1) is 14.5. The number of hydrogen-bond donors (Lipinski definition) is 1. The summed E-state index contributed by atoms with van der Waals surface area (Å²) in [6, 6.07) is 10.6. The molecule has 1 saturated heterocycles. The van der Waals surface area contributed by atoms with Gasteiger partial charge in [0.25, 0.3) is 0 Å². The van der Waals surface area contributed by atoms with Crippen molar-refractivity contribution in [3.8, 4) is 5.75 Å². The Balaban J connectivity index is 1.16. The van der Waals surface area contributed by atoms with Gasteiger partial charge in [-0.15, -0.1) is 4.72 Å². The molecule has 158 valence electrons. The van der Waals surface area contributed by atoms with Gasteiger partial charge in [-0.25, -0.2) is 4.98 Å². The largest absolute Gasteiger partial charge is 0.593 e. The Bertz CT molecular complexity index is 1030. The number of benzene rings is 1. The van der Waals surface area contributed by atoms with Crippen LogP contribution in [-0.4, -0.2) is 49.5 Å². The first-order valence-electron chi connectivity index (χ1n) is 10.5. The minimum Gasteiger partial charge on any atom is -0.593 e. The SMILES string of the molecule is Cc1nn(C)c2ncc([S@+]([O-])N[C@@H]3CCN(Cc4ccc(OC5CC5)cc4)C3)cc12. The van der Waals surface area contributed by atoms with Crippen LogP contribution >= 0.6 is 0 Å². The fourth-order valence-corrected chi connectivity index (χ4v) is 5.00. The lowest BCUT2D eigenvalue weighted by Crippen LogP contribution is -2.37. The number of likely N-dealkylation sites (tertiary alicyclic amines) is 1. The van der Waals surface area contributed by atoms with Gasteiger partial charge < -0.3 is 9.29 Å². The van der Waals surface area contributed by atoms with E-state index >= 15 is 0 Å². The number of nitrogens with one attached hydrogen (secondary N) is 1. The molecule has 3 aromatic rings. The average Bonchev–Trinajstić information content (AvgIpc) is 3.38. The Hall–Kier alpha value is -2.13. The van der Waals surface area contributed by atoms with Crippen molar-refractivity contribution in [2.75, 3.05) is 13.1 Å². The van der Waals surface area contributed by atoms with Gasteiger partial charge in [0.1, 0.15) is 5.75 Å². The van der Waals surface area contributed by atoms with Crippen LogP contribution in [0.1, 0.15) is 30.5 Å². The number of nitrogens with zero attached hydrogens (tertiary/aromatic N) is 4. The highest BCUT2D eigenvalue weighted by Gasteiger charge is 2.28. The molecule has 1 saturated carbocycles. The zero-order valence-electron chi connectivity index (χ0n) is 17.4. The molecule has 30 heavy (non-hydrogen) atoms. The third-order valence-corrected chi connectivity index (χ3v) is 6.95. The van der Waals surface area contributed by atoms with Crippen LogP contribution in [0.4, 0.5) is 0 Å². The van der Waals surface area contributed by atoms with Gasteiger partial charge in [-0.1, -0.05) is 12.1 Å². The summed E-state index contributed by atoms with van der Waals surface area (Å²) in [5.74, 6) is 0.965. The predicted molar refractivity (Wildman–Crippen MR) is 117 cm³/mol. The Labute approximate surface area is 179 Å². The topological polar surface area (TPSA) is 78.3 Å². The minimum atomic E-state index is -1.29. The van der Waals surface area contributed by atoms with Gasteiger partial charge in [0.2, 0.25) is 0 Å². The number of aromatic nitrogens is 3. The molecule has 2 fully saturated rings. The van der Waals surface area contributed by atoms with Gasteiger partial charge in [0.15, 0.2) is 10.5 Å². The third kappa shape index (κ3) is 4.32. The third-order valence-electron chi connectivity index (χ3n) is 5.75. The van der Waals surface area contributed by atoms with Gasteiger partial charge in [0.05, 0.1) is 35.4 Å². The summed E-state index contributed by atoms with van der Waals surface area (Å²) < 4.78 is 23.7. The number of hydrogen-bond acceptors (Lipinski definition) is 6. The minimum absolute atomic E-state index is 0.203. The summed E-state index contributed by atoms with van der Waals surface area (Å²) >= 11 is -1.29. The van der Waals surface area contributed by atoms with Crippen molar-refractivity contribution in [3.63, 3.8) is 0 Å². The second-order valence-corrected chi connectivity index (χ2v) is 9.56. The molecule has 1 aromatic carbocycles. The summed E-state index contributed by atoms with van der Waals surface area (Å²) in [4.78, 5) is 7.54. The second-order valence-electron chi connectivity index (χ2n) is 8.32. The number of fused-ring (bicyclic) bond motifs is 1. The molecule has 1 aliphatic carbocycles. The van der Waals surface area contributed by atoms with Crippen LogP contribution in [0, 0.1) is 6.92 Å². The molecule has 0 amide bonds. The van der Waals surface area contributed by atoms with Crippen molar-refractivity contribution in [1.29, 1.82) is 0 Å². The van der Waals surface area contributed by atoms with Crippen molar-refractivity contribution < 1.29 is 9.29 Å². The van der Waals surface area contributed by atoms with E-state index in [2.05, 4.69) is 44.0 Å². The van der Waals surface area contributed by atoms with E-state index in [1.54, 1.807) is 10.9 Å². The molecule has 0 bridgehead atoms. The van der Waals surface area contributed by atoms with Crippen molar-refractivity contribution in [2.45, 2.75) is 49.8 Å². The van der Waals surface area contributed by atoms with E-state index in [1.807, 2.05) is 20.0 Å². The lowest BCUT2D eigenvalue weighted by Gasteiger charge is -2.18. The molecule has 1 aliphatic heterocycles.